The zero-order valence-corrected chi connectivity index (χ0v) is 11.6. The molecule has 0 aliphatic carbocycles. The van der Waals surface area contributed by atoms with Crippen LogP contribution in [0.4, 0.5) is 5.69 Å². The lowest BCUT2D eigenvalue weighted by atomic mass is 10.2. The fourth-order valence-corrected chi connectivity index (χ4v) is 1.97. The van der Waals surface area contributed by atoms with Crippen molar-refractivity contribution in [3.05, 3.63) is 62.1 Å². The third-order valence-electron chi connectivity index (χ3n) is 2.52. The van der Waals surface area contributed by atoms with Crippen molar-refractivity contribution >= 4 is 28.9 Å². The molecule has 7 heteroatoms. The van der Waals surface area contributed by atoms with E-state index in [1.54, 1.807) is 6.07 Å². The molecule has 0 aliphatic rings. The maximum atomic E-state index is 11.0. The monoisotopic (exact) mass is 313 g/mol. The summed E-state index contributed by atoms with van der Waals surface area (Å²) in [6.45, 7) is -0.152. The fourth-order valence-electron chi connectivity index (χ4n) is 1.56. The Bertz CT molecular complexity index is 661. The van der Waals surface area contributed by atoms with Gasteiger partial charge in [0.25, 0.3) is 0 Å². The topological polar surface area (TPSA) is 72.6 Å². The molecule has 0 atom stereocenters. The summed E-state index contributed by atoms with van der Waals surface area (Å²) in [7, 11) is 0. The summed E-state index contributed by atoms with van der Waals surface area (Å²) in [4.78, 5) is 10.4. The number of hydrogen-bond donors (Lipinski definition) is 1. The highest BCUT2D eigenvalue weighted by atomic mass is 35.5. The molecule has 0 aliphatic heterocycles. The smallest absolute Gasteiger partial charge is 0.313 e. The molecular formula is C13H9Cl2NO4. The fraction of sp³-hybridized carbons (Fsp3) is 0.0769. The van der Waals surface area contributed by atoms with Crippen LogP contribution in [0.2, 0.25) is 10.0 Å². The summed E-state index contributed by atoms with van der Waals surface area (Å²) in [5, 5.41) is 20.4. The molecule has 0 fully saturated rings. The van der Waals surface area contributed by atoms with Gasteiger partial charge >= 0.3 is 5.69 Å². The van der Waals surface area contributed by atoms with E-state index < -0.39 is 4.92 Å². The Morgan fingerprint density at radius 1 is 1.15 bits per heavy atom. The van der Waals surface area contributed by atoms with Gasteiger partial charge in [-0.2, -0.15) is 0 Å². The summed E-state index contributed by atoms with van der Waals surface area (Å²) in [5.74, 6) is 0.298. The van der Waals surface area contributed by atoms with Crippen LogP contribution in [-0.2, 0) is 6.61 Å². The zero-order chi connectivity index (χ0) is 14.7. The molecule has 0 bridgehead atoms. The summed E-state index contributed by atoms with van der Waals surface area (Å²) in [6, 6.07) is 8.76. The van der Waals surface area contributed by atoms with E-state index in [1.807, 2.05) is 0 Å². The predicted molar refractivity (Wildman–Crippen MR) is 75.6 cm³/mol. The second-order valence-electron chi connectivity index (χ2n) is 3.89. The van der Waals surface area contributed by atoms with Gasteiger partial charge in [0.15, 0.2) is 0 Å². The minimum absolute atomic E-state index is 0.0399. The van der Waals surface area contributed by atoms with Gasteiger partial charge in [0.2, 0.25) is 5.75 Å². The summed E-state index contributed by atoms with van der Waals surface area (Å²) < 4.78 is 5.44. The van der Waals surface area contributed by atoms with E-state index in [2.05, 4.69) is 0 Å². The zero-order valence-electron chi connectivity index (χ0n) is 10.0. The lowest BCUT2D eigenvalue weighted by molar-refractivity contribution is -0.385. The van der Waals surface area contributed by atoms with Crippen LogP contribution in [-0.4, -0.2) is 10.0 Å². The molecule has 0 saturated heterocycles. The number of aliphatic hydroxyl groups is 1. The number of hydrogen-bond acceptors (Lipinski definition) is 4. The Labute approximate surface area is 124 Å². The Morgan fingerprint density at radius 3 is 2.45 bits per heavy atom. The number of nitrogens with zero attached hydrogens (tertiary/aromatic N) is 1. The summed E-state index contributed by atoms with van der Waals surface area (Å²) in [6.07, 6.45) is 0. The van der Waals surface area contributed by atoms with E-state index >= 15 is 0 Å². The highest BCUT2D eigenvalue weighted by Crippen LogP contribution is 2.36. The Kier molecular flexibility index (Phi) is 4.44. The number of nitro benzene ring substituents is 1. The molecule has 2 aromatic rings. The molecule has 104 valence electrons. The minimum atomic E-state index is -0.586. The molecule has 0 heterocycles. The van der Waals surface area contributed by atoms with Crippen LogP contribution in [0.15, 0.2) is 36.4 Å². The molecule has 2 rings (SSSR count). The van der Waals surface area contributed by atoms with Crippen molar-refractivity contribution < 1.29 is 14.8 Å². The second kappa shape index (κ2) is 6.09. The van der Waals surface area contributed by atoms with Gasteiger partial charge in [0.1, 0.15) is 5.75 Å². The van der Waals surface area contributed by atoms with E-state index in [4.69, 9.17) is 33.0 Å². The number of ether oxygens (including phenoxy) is 1. The Hall–Kier alpha value is -1.82. The quantitative estimate of drug-likeness (QED) is 0.678. The first-order chi connectivity index (χ1) is 9.51. The molecule has 0 radical (unpaired) electrons. The van der Waals surface area contributed by atoms with Crippen molar-refractivity contribution in [2.45, 2.75) is 6.61 Å². The van der Waals surface area contributed by atoms with Crippen LogP contribution in [0.3, 0.4) is 0 Å². The lowest BCUT2D eigenvalue weighted by Crippen LogP contribution is -1.94. The molecule has 0 spiro atoms. The van der Waals surface area contributed by atoms with Gasteiger partial charge in [0.05, 0.1) is 16.6 Å². The number of halogens is 2. The largest absolute Gasteiger partial charge is 0.449 e. The van der Waals surface area contributed by atoms with Crippen LogP contribution in [0.25, 0.3) is 0 Å². The highest BCUT2D eigenvalue weighted by molar-refractivity contribution is 6.32. The number of nitro groups is 1. The van der Waals surface area contributed by atoms with Gasteiger partial charge in [-0.3, -0.25) is 10.1 Å². The van der Waals surface area contributed by atoms with E-state index in [1.165, 1.54) is 30.3 Å². The molecule has 0 amide bonds. The van der Waals surface area contributed by atoms with Crippen molar-refractivity contribution in [1.82, 2.24) is 0 Å². The molecule has 0 unspecified atom stereocenters. The van der Waals surface area contributed by atoms with Gasteiger partial charge < -0.3 is 9.84 Å². The number of benzene rings is 2. The highest BCUT2D eigenvalue weighted by Gasteiger charge is 2.17. The van der Waals surface area contributed by atoms with Gasteiger partial charge in [-0.15, -0.1) is 0 Å². The molecule has 20 heavy (non-hydrogen) atoms. The predicted octanol–water partition coefficient (Wildman–Crippen LogP) is 4.19. The van der Waals surface area contributed by atoms with Crippen molar-refractivity contribution in [2.75, 3.05) is 0 Å². The minimum Gasteiger partial charge on any atom is -0.449 e. The van der Waals surface area contributed by atoms with E-state index in [9.17, 15) is 10.1 Å². The molecule has 0 aromatic heterocycles. The number of aliphatic hydroxyl groups excluding tert-OH is 1. The first-order valence-electron chi connectivity index (χ1n) is 5.52. The maximum absolute atomic E-state index is 11.0. The Morgan fingerprint density at radius 2 is 1.85 bits per heavy atom. The average molecular weight is 314 g/mol. The van der Waals surface area contributed by atoms with Crippen LogP contribution in [0, 0.1) is 10.1 Å². The van der Waals surface area contributed by atoms with E-state index in [-0.39, 0.29) is 33.8 Å². The summed E-state index contributed by atoms with van der Waals surface area (Å²) in [5.41, 5.74) is 0.368. The second-order valence-corrected chi connectivity index (χ2v) is 4.74. The van der Waals surface area contributed by atoms with Crippen molar-refractivity contribution in [3.8, 4) is 11.5 Å². The first-order valence-corrected chi connectivity index (χ1v) is 6.28. The van der Waals surface area contributed by atoms with Gasteiger partial charge in [-0.1, -0.05) is 29.3 Å². The normalized spacial score (nSPS) is 10.3. The lowest BCUT2D eigenvalue weighted by Gasteiger charge is -2.09. The van der Waals surface area contributed by atoms with Crippen LogP contribution < -0.4 is 4.74 Å². The molecule has 1 N–H and O–H groups in total. The van der Waals surface area contributed by atoms with Gasteiger partial charge in [-0.25, -0.2) is 0 Å². The summed E-state index contributed by atoms with van der Waals surface area (Å²) >= 11 is 11.7. The van der Waals surface area contributed by atoms with E-state index in [0.717, 1.165) is 0 Å². The number of rotatable bonds is 4. The van der Waals surface area contributed by atoms with Crippen LogP contribution in [0.1, 0.15) is 5.56 Å². The van der Waals surface area contributed by atoms with Crippen molar-refractivity contribution in [3.63, 3.8) is 0 Å². The third-order valence-corrected chi connectivity index (χ3v) is 3.05. The van der Waals surface area contributed by atoms with Gasteiger partial charge in [-0.05, 0) is 29.8 Å². The maximum Gasteiger partial charge on any atom is 0.313 e. The molecule has 5 nitrogen and oxygen atoms in total. The first kappa shape index (κ1) is 14.6. The Balaban J connectivity index is 2.37. The average Bonchev–Trinajstić information content (AvgIpc) is 2.42. The third kappa shape index (κ3) is 3.19. The standard InChI is InChI=1S/C13H9Cl2NO4/c14-9-2-4-13(11(6-9)16(18)19)20-12-3-1-8(7-17)5-10(12)15/h1-6,17H,7H2. The van der Waals surface area contributed by atoms with Crippen LogP contribution in [0.5, 0.6) is 11.5 Å². The SMILES string of the molecule is O=[N+]([O-])c1cc(Cl)ccc1Oc1ccc(CO)cc1Cl. The van der Waals surface area contributed by atoms with Crippen molar-refractivity contribution in [2.24, 2.45) is 0 Å². The molecule has 0 saturated carbocycles. The molecular weight excluding hydrogens is 305 g/mol. The van der Waals surface area contributed by atoms with Crippen molar-refractivity contribution in [1.29, 1.82) is 0 Å². The molecule has 2 aromatic carbocycles. The van der Waals surface area contributed by atoms with E-state index in [0.29, 0.717) is 5.56 Å². The van der Waals surface area contributed by atoms with Gasteiger partial charge in [0, 0.05) is 11.1 Å². The van der Waals surface area contributed by atoms with Crippen LogP contribution >= 0.6 is 23.2 Å².